The molecule has 0 aromatic heterocycles. The number of carbonyl (C=O) groups excluding carboxylic acids is 1. The molecule has 1 aliphatic heterocycles. The van der Waals surface area contributed by atoms with Crippen LogP contribution >= 0.6 is 0 Å². The minimum Gasteiger partial charge on any atom is -0.494 e. The first-order chi connectivity index (χ1) is 10.2. The van der Waals surface area contributed by atoms with Crippen LogP contribution in [0.2, 0.25) is 0 Å². The van der Waals surface area contributed by atoms with Crippen LogP contribution in [0.3, 0.4) is 0 Å². The van der Waals surface area contributed by atoms with E-state index in [-0.39, 0.29) is 12.1 Å². The summed E-state index contributed by atoms with van der Waals surface area (Å²) in [6.07, 6.45) is 1.75. The molecular weight excluding hydrogens is 268 g/mol. The molecule has 5 nitrogen and oxygen atoms in total. The molecule has 5 heteroatoms. The largest absolute Gasteiger partial charge is 0.494 e. The zero-order valence-electron chi connectivity index (χ0n) is 12.8. The summed E-state index contributed by atoms with van der Waals surface area (Å²) in [7, 11) is 0. The Bertz CT molecular complexity index is 471. The summed E-state index contributed by atoms with van der Waals surface area (Å²) in [6.45, 7) is 6.50. The molecule has 1 aliphatic rings. The number of aryl methyl sites for hydroxylation is 1. The molecule has 116 valence electrons. The quantitative estimate of drug-likeness (QED) is 0.876. The van der Waals surface area contributed by atoms with Crippen LogP contribution in [0.4, 0.5) is 4.79 Å². The monoisotopic (exact) mass is 292 g/mol. The van der Waals surface area contributed by atoms with Gasteiger partial charge in [-0.3, -0.25) is 0 Å². The van der Waals surface area contributed by atoms with E-state index in [1.807, 2.05) is 32.0 Å². The highest BCUT2D eigenvalue weighted by Gasteiger charge is 2.16. The van der Waals surface area contributed by atoms with Gasteiger partial charge >= 0.3 is 6.03 Å². The number of ether oxygens (including phenoxy) is 2. The predicted octanol–water partition coefficient (Wildman–Crippen LogP) is 2.37. The van der Waals surface area contributed by atoms with E-state index in [1.165, 1.54) is 0 Å². The molecule has 0 atom stereocenters. The molecule has 1 saturated heterocycles. The minimum atomic E-state index is -0.134. The van der Waals surface area contributed by atoms with Crippen molar-refractivity contribution >= 4 is 6.03 Å². The molecule has 21 heavy (non-hydrogen) atoms. The third kappa shape index (κ3) is 4.93. The second-order valence-electron chi connectivity index (χ2n) is 5.26. The van der Waals surface area contributed by atoms with Gasteiger partial charge < -0.3 is 20.1 Å². The lowest BCUT2D eigenvalue weighted by molar-refractivity contribution is 0.0800. The fraction of sp³-hybridized carbons (Fsp3) is 0.562. The molecule has 0 radical (unpaired) electrons. The van der Waals surface area contributed by atoms with Crippen molar-refractivity contribution in [2.24, 2.45) is 0 Å². The van der Waals surface area contributed by atoms with Crippen molar-refractivity contribution in [1.29, 1.82) is 0 Å². The van der Waals surface area contributed by atoms with Crippen molar-refractivity contribution in [1.82, 2.24) is 10.6 Å². The van der Waals surface area contributed by atoms with Crippen molar-refractivity contribution in [3.05, 3.63) is 29.3 Å². The molecule has 0 unspecified atom stereocenters. The van der Waals surface area contributed by atoms with E-state index in [2.05, 4.69) is 10.6 Å². The van der Waals surface area contributed by atoms with Gasteiger partial charge in [-0.1, -0.05) is 12.1 Å². The second-order valence-corrected chi connectivity index (χ2v) is 5.26. The number of urea groups is 1. The van der Waals surface area contributed by atoms with Crippen molar-refractivity contribution < 1.29 is 14.3 Å². The standard InChI is InChI=1S/C16H24N2O3/c1-3-21-15-10-12(2)4-5-13(15)11-17-16(19)18-14-6-8-20-9-7-14/h4-5,10,14H,3,6-9,11H2,1-2H3,(H2,17,18,19). The lowest BCUT2D eigenvalue weighted by atomic mass is 10.1. The molecule has 1 fully saturated rings. The van der Waals surface area contributed by atoms with Gasteiger partial charge in [-0.2, -0.15) is 0 Å². The number of benzene rings is 1. The normalized spacial score (nSPS) is 15.5. The third-order valence-corrected chi connectivity index (χ3v) is 3.52. The summed E-state index contributed by atoms with van der Waals surface area (Å²) in [4.78, 5) is 11.9. The Morgan fingerprint density at radius 1 is 1.38 bits per heavy atom. The highest BCUT2D eigenvalue weighted by molar-refractivity contribution is 5.74. The van der Waals surface area contributed by atoms with E-state index < -0.39 is 0 Å². The van der Waals surface area contributed by atoms with Gasteiger partial charge in [0.1, 0.15) is 5.75 Å². The molecule has 2 amide bonds. The summed E-state index contributed by atoms with van der Waals surface area (Å²) < 4.78 is 10.9. The van der Waals surface area contributed by atoms with Gasteiger partial charge in [0, 0.05) is 31.4 Å². The van der Waals surface area contributed by atoms with Gasteiger partial charge in [0.2, 0.25) is 0 Å². The smallest absolute Gasteiger partial charge is 0.315 e. The lowest BCUT2D eigenvalue weighted by Gasteiger charge is -2.23. The number of amides is 2. The highest BCUT2D eigenvalue weighted by atomic mass is 16.5. The number of hydrogen-bond donors (Lipinski definition) is 2. The van der Waals surface area contributed by atoms with E-state index in [4.69, 9.17) is 9.47 Å². The number of nitrogens with one attached hydrogen (secondary N) is 2. The fourth-order valence-electron chi connectivity index (χ4n) is 2.35. The zero-order valence-corrected chi connectivity index (χ0v) is 12.8. The molecule has 0 bridgehead atoms. The third-order valence-electron chi connectivity index (χ3n) is 3.52. The van der Waals surface area contributed by atoms with Gasteiger partial charge in [0.05, 0.1) is 6.61 Å². The van der Waals surface area contributed by atoms with Crippen LogP contribution in [-0.2, 0) is 11.3 Å². The summed E-state index contributed by atoms with van der Waals surface area (Å²) in [5.74, 6) is 0.837. The van der Waals surface area contributed by atoms with Crippen LogP contribution in [0.5, 0.6) is 5.75 Å². The maximum atomic E-state index is 11.9. The maximum Gasteiger partial charge on any atom is 0.315 e. The Morgan fingerprint density at radius 2 is 2.14 bits per heavy atom. The fourth-order valence-corrected chi connectivity index (χ4v) is 2.35. The molecule has 2 rings (SSSR count). The van der Waals surface area contributed by atoms with Gasteiger partial charge in [0.25, 0.3) is 0 Å². The van der Waals surface area contributed by atoms with E-state index >= 15 is 0 Å². The van der Waals surface area contributed by atoms with Crippen molar-refractivity contribution in [3.8, 4) is 5.75 Å². The Balaban J connectivity index is 1.85. The van der Waals surface area contributed by atoms with Gasteiger partial charge in [-0.25, -0.2) is 4.79 Å². The molecule has 1 aromatic rings. The summed E-state index contributed by atoms with van der Waals surface area (Å²) >= 11 is 0. The number of rotatable bonds is 5. The van der Waals surface area contributed by atoms with E-state index in [1.54, 1.807) is 0 Å². The van der Waals surface area contributed by atoms with Crippen LogP contribution in [0.1, 0.15) is 30.9 Å². The molecule has 0 aliphatic carbocycles. The second kappa shape index (κ2) is 7.88. The predicted molar refractivity (Wildman–Crippen MR) is 81.6 cm³/mol. The van der Waals surface area contributed by atoms with Crippen molar-refractivity contribution in [2.75, 3.05) is 19.8 Å². The lowest BCUT2D eigenvalue weighted by Crippen LogP contribution is -2.44. The first-order valence-electron chi connectivity index (χ1n) is 7.53. The molecule has 2 N–H and O–H groups in total. The van der Waals surface area contributed by atoms with Crippen LogP contribution in [-0.4, -0.2) is 31.9 Å². The average molecular weight is 292 g/mol. The maximum absolute atomic E-state index is 11.9. The molecule has 0 spiro atoms. The highest BCUT2D eigenvalue weighted by Crippen LogP contribution is 2.20. The molecule has 0 saturated carbocycles. The van der Waals surface area contributed by atoms with Crippen molar-refractivity contribution in [3.63, 3.8) is 0 Å². The molecule has 1 heterocycles. The Morgan fingerprint density at radius 3 is 2.86 bits per heavy atom. The first kappa shape index (κ1) is 15.6. The van der Waals surface area contributed by atoms with Crippen LogP contribution in [0, 0.1) is 6.92 Å². The van der Waals surface area contributed by atoms with Gasteiger partial charge in [-0.05, 0) is 38.3 Å². The average Bonchev–Trinajstić information content (AvgIpc) is 2.48. The van der Waals surface area contributed by atoms with Gasteiger partial charge in [-0.15, -0.1) is 0 Å². The Labute approximate surface area is 126 Å². The van der Waals surface area contributed by atoms with E-state index in [9.17, 15) is 4.79 Å². The van der Waals surface area contributed by atoms with Gasteiger partial charge in [0.15, 0.2) is 0 Å². The van der Waals surface area contributed by atoms with Crippen LogP contribution in [0.15, 0.2) is 18.2 Å². The Kier molecular flexibility index (Phi) is 5.87. The number of hydrogen-bond acceptors (Lipinski definition) is 3. The van der Waals surface area contributed by atoms with E-state index in [0.717, 1.165) is 42.9 Å². The summed E-state index contributed by atoms with van der Waals surface area (Å²) in [5.41, 5.74) is 2.14. The van der Waals surface area contributed by atoms with Crippen LogP contribution < -0.4 is 15.4 Å². The minimum absolute atomic E-state index is 0.134. The molecular formula is C16H24N2O3. The Hall–Kier alpha value is -1.75. The zero-order chi connectivity index (χ0) is 15.1. The topological polar surface area (TPSA) is 59.6 Å². The summed E-state index contributed by atoms with van der Waals surface area (Å²) in [6, 6.07) is 6.09. The van der Waals surface area contributed by atoms with Crippen molar-refractivity contribution in [2.45, 2.75) is 39.3 Å². The first-order valence-corrected chi connectivity index (χ1v) is 7.53. The molecule has 1 aromatic carbocycles. The number of carbonyl (C=O) groups is 1. The summed E-state index contributed by atoms with van der Waals surface area (Å²) in [5, 5.41) is 5.87. The SMILES string of the molecule is CCOc1cc(C)ccc1CNC(=O)NC1CCOCC1. The van der Waals surface area contributed by atoms with Crippen LogP contribution in [0.25, 0.3) is 0 Å². The van der Waals surface area contributed by atoms with E-state index in [0.29, 0.717) is 13.2 Å².